The van der Waals surface area contributed by atoms with Crippen molar-refractivity contribution in [2.45, 2.75) is 0 Å². The second kappa shape index (κ2) is 5.50. The Morgan fingerprint density at radius 1 is 0.692 bits per heavy atom. The molecule has 0 aliphatic carbocycles. The van der Waals surface area contributed by atoms with Gasteiger partial charge in [-0.15, -0.1) is 6.07 Å². The molecule has 0 saturated heterocycles. The minimum atomic E-state index is -2.17. The van der Waals surface area contributed by atoms with Gasteiger partial charge in [-0.1, -0.05) is 0 Å². The molecular formula is C6ClF5Zn. The van der Waals surface area contributed by atoms with Crippen molar-refractivity contribution in [1.29, 1.82) is 0 Å². The Labute approximate surface area is 89.3 Å². The molecule has 0 aliphatic heterocycles. The quantitative estimate of drug-likeness (QED) is 0.190. The third kappa shape index (κ3) is 2.88. The van der Waals surface area contributed by atoms with Gasteiger partial charge in [0.05, 0.1) is 29.1 Å². The van der Waals surface area contributed by atoms with E-state index in [1.54, 1.807) is 0 Å². The van der Waals surface area contributed by atoms with Crippen molar-refractivity contribution in [3.63, 3.8) is 0 Å². The molecule has 0 atom stereocenters. The third-order valence-electron chi connectivity index (χ3n) is 0.990. The van der Waals surface area contributed by atoms with Crippen LogP contribution in [0.4, 0.5) is 22.0 Å². The van der Waals surface area contributed by atoms with E-state index in [4.69, 9.17) is 0 Å². The van der Waals surface area contributed by atoms with E-state index in [2.05, 4.69) is 0 Å². The van der Waals surface area contributed by atoms with Crippen LogP contribution >= 0.6 is 0 Å². The van der Waals surface area contributed by atoms with Crippen molar-refractivity contribution in [2.75, 3.05) is 0 Å². The third-order valence-corrected chi connectivity index (χ3v) is 0.990. The summed E-state index contributed by atoms with van der Waals surface area (Å²) in [7, 11) is 0. The maximum absolute atomic E-state index is 12.0. The Balaban J connectivity index is 0. The van der Waals surface area contributed by atoms with Gasteiger partial charge in [0.15, 0.2) is 0 Å². The van der Waals surface area contributed by atoms with Crippen LogP contribution in [0.15, 0.2) is 0 Å². The van der Waals surface area contributed by atoms with Gasteiger partial charge >= 0.3 is 19.5 Å². The van der Waals surface area contributed by atoms with Gasteiger partial charge in [0.1, 0.15) is 0 Å². The molecule has 1 aromatic carbocycles. The van der Waals surface area contributed by atoms with Gasteiger partial charge in [0, 0.05) is 0 Å². The first-order valence-corrected chi connectivity index (χ1v) is 2.44. The molecule has 0 amide bonds. The van der Waals surface area contributed by atoms with E-state index in [1.807, 2.05) is 0 Å². The molecule has 1 rings (SSSR count). The van der Waals surface area contributed by atoms with Gasteiger partial charge in [0.2, 0.25) is 0 Å². The molecule has 0 saturated carbocycles. The van der Waals surface area contributed by atoms with E-state index < -0.39 is 29.1 Å². The van der Waals surface area contributed by atoms with E-state index in [0.717, 1.165) is 6.07 Å². The molecule has 7 heteroatoms. The van der Waals surface area contributed by atoms with Gasteiger partial charge in [-0.3, -0.25) is 8.78 Å². The summed E-state index contributed by atoms with van der Waals surface area (Å²) in [6, 6.07) is 1.02. The zero-order valence-corrected chi connectivity index (χ0v) is 9.70. The molecule has 0 aliphatic rings. The van der Waals surface area contributed by atoms with Crippen molar-refractivity contribution < 1.29 is 53.8 Å². The normalized spacial score (nSPS) is 8.69. The first kappa shape index (κ1) is 15.3. The van der Waals surface area contributed by atoms with Crippen molar-refractivity contribution in [2.24, 2.45) is 0 Å². The van der Waals surface area contributed by atoms with E-state index in [9.17, 15) is 22.0 Å². The fourth-order valence-corrected chi connectivity index (χ4v) is 0.495. The molecule has 0 aromatic heterocycles. The molecule has 68 valence electrons. The number of benzene rings is 1. The van der Waals surface area contributed by atoms with Gasteiger partial charge in [-0.25, -0.2) is 13.2 Å². The summed E-state index contributed by atoms with van der Waals surface area (Å²) in [6.07, 6.45) is 0. The van der Waals surface area contributed by atoms with Crippen LogP contribution in [-0.4, -0.2) is 0 Å². The van der Waals surface area contributed by atoms with E-state index in [0.29, 0.717) is 0 Å². The zero-order valence-electron chi connectivity index (χ0n) is 5.97. The van der Waals surface area contributed by atoms with E-state index in [1.165, 1.54) is 0 Å². The summed E-state index contributed by atoms with van der Waals surface area (Å²) >= 11 is 0. The number of rotatable bonds is 0. The first-order chi connectivity index (χ1) is 5.04. The molecule has 0 unspecified atom stereocenters. The number of hydrogen-bond donors (Lipinski definition) is 0. The summed E-state index contributed by atoms with van der Waals surface area (Å²) < 4.78 is 59.9. The Kier molecular flexibility index (Phi) is 6.46. The molecule has 0 spiro atoms. The Bertz CT molecular complexity index is 277. The second-order valence-corrected chi connectivity index (χ2v) is 1.69. The molecule has 0 N–H and O–H groups in total. The van der Waals surface area contributed by atoms with Crippen LogP contribution in [0.3, 0.4) is 0 Å². The fourth-order valence-electron chi connectivity index (χ4n) is 0.495. The largest absolute Gasteiger partial charge is 2.00 e. The van der Waals surface area contributed by atoms with Crippen molar-refractivity contribution in [1.82, 2.24) is 0 Å². The maximum atomic E-state index is 12.0. The van der Waals surface area contributed by atoms with Crippen LogP contribution in [0, 0.1) is 35.2 Å². The van der Waals surface area contributed by atoms with Crippen LogP contribution in [0.5, 0.6) is 0 Å². The standard InChI is InChI=1S/C6F5.ClH.Zn/c7-2-1-3(8)5(10)6(11)4(2)9;;/h;1H;/q-1;;+2/p-1. The predicted molar refractivity (Wildman–Crippen MR) is 25.1 cm³/mol. The van der Waals surface area contributed by atoms with Crippen LogP contribution in [-0.2, 0) is 19.5 Å². The summed E-state index contributed by atoms with van der Waals surface area (Å²) in [5.74, 6) is -10.0. The monoisotopic (exact) mass is 266 g/mol. The van der Waals surface area contributed by atoms with E-state index >= 15 is 0 Å². The topological polar surface area (TPSA) is 0 Å². The van der Waals surface area contributed by atoms with Gasteiger partial charge in [-0.2, -0.15) is 0 Å². The van der Waals surface area contributed by atoms with Crippen LogP contribution in [0.1, 0.15) is 0 Å². The molecule has 0 heterocycles. The number of hydrogen-bond acceptors (Lipinski definition) is 0. The Hall–Kier alpha value is -0.217. The number of halogens is 6. The molecule has 0 radical (unpaired) electrons. The minimum Gasteiger partial charge on any atom is -1.00 e. The Morgan fingerprint density at radius 2 is 1.00 bits per heavy atom. The SMILES string of the molecule is Fc1[c-]c(F)c(F)c(F)c1F.[Cl-].[Zn+2]. The van der Waals surface area contributed by atoms with E-state index in [-0.39, 0.29) is 31.9 Å². The molecule has 1 aromatic rings. The van der Waals surface area contributed by atoms with Crippen LogP contribution in [0.25, 0.3) is 0 Å². The average molecular weight is 268 g/mol. The maximum Gasteiger partial charge on any atom is 2.00 e. The Morgan fingerprint density at radius 3 is 1.31 bits per heavy atom. The molecule has 13 heavy (non-hydrogen) atoms. The zero-order chi connectivity index (χ0) is 8.59. The molecule has 0 nitrogen and oxygen atoms in total. The molecular weight excluding hydrogens is 268 g/mol. The average Bonchev–Trinajstić information content (AvgIpc) is 1.97. The van der Waals surface area contributed by atoms with Crippen LogP contribution in [0.2, 0.25) is 0 Å². The van der Waals surface area contributed by atoms with Gasteiger partial charge in [0.25, 0.3) is 0 Å². The summed E-state index contributed by atoms with van der Waals surface area (Å²) in [5.41, 5.74) is 0. The van der Waals surface area contributed by atoms with Crippen molar-refractivity contribution in [3.8, 4) is 0 Å². The smallest absolute Gasteiger partial charge is 1.00 e. The second-order valence-electron chi connectivity index (χ2n) is 1.69. The minimum absolute atomic E-state index is 0. The van der Waals surface area contributed by atoms with Gasteiger partial charge < -0.3 is 12.4 Å². The fraction of sp³-hybridized carbons (Fsp3) is 0. The summed E-state index contributed by atoms with van der Waals surface area (Å²) in [5, 5.41) is 0. The summed E-state index contributed by atoms with van der Waals surface area (Å²) in [4.78, 5) is 0. The summed E-state index contributed by atoms with van der Waals surface area (Å²) in [6.45, 7) is 0. The first-order valence-electron chi connectivity index (χ1n) is 2.44. The van der Waals surface area contributed by atoms with Crippen molar-refractivity contribution >= 4 is 0 Å². The van der Waals surface area contributed by atoms with Crippen molar-refractivity contribution in [3.05, 3.63) is 35.2 Å². The predicted octanol–water partition coefficient (Wildman–Crippen LogP) is -0.816. The van der Waals surface area contributed by atoms with Gasteiger partial charge in [-0.05, 0) is 0 Å². The van der Waals surface area contributed by atoms with Crippen LogP contribution < -0.4 is 12.4 Å². The molecule has 0 fully saturated rings. The molecule has 0 bridgehead atoms.